The molecule has 3 rings (SSSR count). The molecule has 0 unspecified atom stereocenters. The molecule has 0 saturated carbocycles. The second-order valence-electron chi connectivity index (χ2n) is 6.47. The van der Waals surface area contributed by atoms with Crippen LogP contribution in [0.1, 0.15) is 21.5 Å². The van der Waals surface area contributed by atoms with Crippen molar-refractivity contribution in [3.8, 4) is 11.5 Å². The highest BCUT2D eigenvalue weighted by molar-refractivity contribution is 6.30. The maximum Gasteiger partial charge on any atom is 0.273 e. The number of hydrazone groups is 1. The first-order valence-corrected chi connectivity index (χ1v) is 9.72. The third kappa shape index (κ3) is 5.75. The molecule has 3 N–H and O–H groups in total. The average molecular weight is 424 g/mol. The summed E-state index contributed by atoms with van der Waals surface area (Å²) in [7, 11) is 1.53. The summed E-state index contributed by atoms with van der Waals surface area (Å²) in [5, 5.41) is 17.8. The number of nitrogens with zero attached hydrogens (tertiary/aromatic N) is 1. The third-order valence-corrected chi connectivity index (χ3v) is 4.67. The summed E-state index contributed by atoms with van der Waals surface area (Å²) in [5.74, 6) is 0.261. The van der Waals surface area contributed by atoms with Crippen LogP contribution >= 0.6 is 11.6 Å². The van der Waals surface area contributed by atoms with Gasteiger partial charge in [0, 0.05) is 22.8 Å². The Balaban J connectivity index is 1.61. The molecule has 1 amide bonds. The smallest absolute Gasteiger partial charge is 0.273 e. The number of hydrogen-bond donors (Lipinski definition) is 3. The van der Waals surface area contributed by atoms with Gasteiger partial charge in [-0.25, -0.2) is 5.43 Å². The summed E-state index contributed by atoms with van der Waals surface area (Å²) in [6.45, 7) is 0.660. The summed E-state index contributed by atoms with van der Waals surface area (Å²) in [6, 6.07) is 19.6. The molecule has 0 fully saturated rings. The third-order valence-electron chi connectivity index (χ3n) is 4.42. The van der Waals surface area contributed by atoms with Crippen molar-refractivity contribution in [3.05, 3.63) is 88.4 Å². The molecule has 0 aliphatic heterocycles. The lowest BCUT2D eigenvalue weighted by Gasteiger charge is -2.11. The highest BCUT2D eigenvalue weighted by Crippen LogP contribution is 2.21. The Morgan fingerprint density at radius 3 is 2.67 bits per heavy atom. The van der Waals surface area contributed by atoms with Crippen molar-refractivity contribution < 1.29 is 14.6 Å². The van der Waals surface area contributed by atoms with Gasteiger partial charge in [-0.1, -0.05) is 35.9 Å². The van der Waals surface area contributed by atoms with Gasteiger partial charge in [-0.15, -0.1) is 0 Å². The molecule has 0 bridgehead atoms. The van der Waals surface area contributed by atoms with E-state index in [-0.39, 0.29) is 11.7 Å². The zero-order valence-electron chi connectivity index (χ0n) is 16.4. The van der Waals surface area contributed by atoms with Crippen molar-refractivity contribution in [2.45, 2.75) is 6.42 Å². The highest BCUT2D eigenvalue weighted by atomic mass is 35.5. The molecule has 0 aliphatic rings. The minimum atomic E-state index is -0.358. The van der Waals surface area contributed by atoms with E-state index in [2.05, 4.69) is 15.8 Å². The molecule has 6 nitrogen and oxygen atoms in total. The van der Waals surface area contributed by atoms with E-state index in [1.165, 1.54) is 19.4 Å². The van der Waals surface area contributed by atoms with Gasteiger partial charge < -0.3 is 15.2 Å². The van der Waals surface area contributed by atoms with E-state index in [0.717, 1.165) is 12.0 Å². The fraction of sp³-hybridized carbons (Fsp3) is 0.130. The lowest BCUT2D eigenvalue weighted by Crippen LogP contribution is -2.20. The fourth-order valence-corrected chi connectivity index (χ4v) is 2.94. The number of phenolic OH excluding ortho intramolecular Hbond substituents is 1. The van der Waals surface area contributed by atoms with E-state index in [1.807, 2.05) is 36.4 Å². The Kier molecular flexibility index (Phi) is 7.29. The van der Waals surface area contributed by atoms with Gasteiger partial charge in [0.1, 0.15) is 11.5 Å². The number of phenols is 1. The number of carbonyl (C=O) groups excluding carboxylic acids is 1. The molecule has 154 valence electrons. The summed E-state index contributed by atoms with van der Waals surface area (Å²) in [6.07, 6.45) is 2.16. The van der Waals surface area contributed by atoms with Crippen molar-refractivity contribution >= 4 is 29.4 Å². The summed E-state index contributed by atoms with van der Waals surface area (Å²) in [5.41, 5.74) is 5.26. The van der Waals surface area contributed by atoms with E-state index in [4.69, 9.17) is 16.3 Å². The minimum absolute atomic E-state index is 0.0399. The number of anilines is 1. The van der Waals surface area contributed by atoms with Gasteiger partial charge in [0.2, 0.25) is 0 Å². The second-order valence-corrected chi connectivity index (χ2v) is 6.91. The maximum absolute atomic E-state index is 12.6. The maximum atomic E-state index is 12.6. The first kappa shape index (κ1) is 21.2. The van der Waals surface area contributed by atoms with Gasteiger partial charge in [-0.05, 0) is 54.4 Å². The number of methoxy groups -OCH3 is 1. The number of carbonyl (C=O) groups is 1. The van der Waals surface area contributed by atoms with Crippen LogP contribution in [0.15, 0.2) is 71.8 Å². The summed E-state index contributed by atoms with van der Waals surface area (Å²) < 4.78 is 5.12. The van der Waals surface area contributed by atoms with Crippen LogP contribution in [0.4, 0.5) is 5.69 Å². The fourth-order valence-electron chi connectivity index (χ4n) is 2.81. The molecule has 7 heteroatoms. The van der Waals surface area contributed by atoms with Crippen LogP contribution in [0.25, 0.3) is 0 Å². The number of hydrogen-bond acceptors (Lipinski definition) is 5. The number of rotatable bonds is 8. The topological polar surface area (TPSA) is 83.0 Å². The van der Waals surface area contributed by atoms with Crippen LogP contribution in [0.3, 0.4) is 0 Å². The van der Waals surface area contributed by atoms with E-state index >= 15 is 0 Å². The molecule has 0 atom stereocenters. The number of aromatic hydroxyl groups is 1. The lowest BCUT2D eigenvalue weighted by molar-refractivity contribution is 0.0956. The molecule has 0 spiro atoms. The SMILES string of the molecule is COc1ccc(O)c(/C=N/NC(=O)c2ccccc2NCCc2ccc(Cl)cc2)c1. The number of halogens is 1. The van der Waals surface area contributed by atoms with Crippen LogP contribution < -0.4 is 15.5 Å². The van der Waals surface area contributed by atoms with Gasteiger partial charge in [0.15, 0.2) is 0 Å². The quantitative estimate of drug-likeness (QED) is 0.368. The van der Waals surface area contributed by atoms with Gasteiger partial charge >= 0.3 is 0 Å². The summed E-state index contributed by atoms with van der Waals surface area (Å²) in [4.78, 5) is 12.6. The first-order chi connectivity index (χ1) is 14.6. The first-order valence-electron chi connectivity index (χ1n) is 9.34. The zero-order chi connectivity index (χ0) is 21.3. The number of benzene rings is 3. The average Bonchev–Trinajstić information content (AvgIpc) is 2.76. The predicted octanol–water partition coefficient (Wildman–Crippen LogP) is 4.47. The normalized spacial score (nSPS) is 10.7. The molecule has 0 saturated heterocycles. The Morgan fingerprint density at radius 1 is 1.13 bits per heavy atom. The van der Waals surface area contributed by atoms with Crippen LogP contribution in [0.2, 0.25) is 5.02 Å². The van der Waals surface area contributed by atoms with Gasteiger partial charge in [0.05, 0.1) is 18.9 Å². The Bertz CT molecular complexity index is 1040. The van der Waals surface area contributed by atoms with Crippen molar-refractivity contribution in [2.75, 3.05) is 19.0 Å². The molecular weight excluding hydrogens is 402 g/mol. The van der Waals surface area contributed by atoms with Crippen LogP contribution in [0.5, 0.6) is 11.5 Å². The molecule has 30 heavy (non-hydrogen) atoms. The Labute approximate surface area is 180 Å². The number of ether oxygens (including phenoxy) is 1. The van der Waals surface area contributed by atoms with Crippen molar-refractivity contribution in [1.82, 2.24) is 5.43 Å². The number of para-hydroxylation sites is 1. The molecule has 0 radical (unpaired) electrons. The molecule has 3 aromatic carbocycles. The van der Waals surface area contributed by atoms with Crippen molar-refractivity contribution in [1.29, 1.82) is 0 Å². The standard InChI is InChI=1S/C23H22ClN3O3/c1-30-19-10-11-22(28)17(14-19)15-26-27-23(29)20-4-2-3-5-21(20)25-13-12-16-6-8-18(24)9-7-16/h2-11,14-15,25,28H,12-13H2,1H3,(H,27,29)/b26-15+. The zero-order valence-corrected chi connectivity index (χ0v) is 17.2. The van der Waals surface area contributed by atoms with Crippen LogP contribution in [-0.4, -0.2) is 30.9 Å². The largest absolute Gasteiger partial charge is 0.507 e. The van der Waals surface area contributed by atoms with Crippen LogP contribution in [0, 0.1) is 0 Å². The van der Waals surface area contributed by atoms with Crippen LogP contribution in [-0.2, 0) is 6.42 Å². The van der Waals surface area contributed by atoms with Gasteiger partial charge in [-0.3, -0.25) is 4.79 Å². The number of nitrogens with one attached hydrogen (secondary N) is 2. The molecule has 3 aromatic rings. The Morgan fingerprint density at radius 2 is 1.90 bits per heavy atom. The molecular formula is C23H22ClN3O3. The molecule has 0 aromatic heterocycles. The molecule has 0 heterocycles. The Hall–Kier alpha value is -3.51. The van der Waals surface area contributed by atoms with E-state index in [9.17, 15) is 9.90 Å². The van der Waals surface area contributed by atoms with E-state index in [0.29, 0.717) is 34.1 Å². The number of amides is 1. The van der Waals surface area contributed by atoms with Gasteiger partial charge in [-0.2, -0.15) is 5.10 Å². The monoisotopic (exact) mass is 423 g/mol. The summed E-state index contributed by atoms with van der Waals surface area (Å²) >= 11 is 5.91. The predicted molar refractivity (Wildman–Crippen MR) is 120 cm³/mol. The minimum Gasteiger partial charge on any atom is -0.507 e. The second kappa shape index (κ2) is 10.3. The highest BCUT2D eigenvalue weighted by Gasteiger charge is 2.10. The van der Waals surface area contributed by atoms with Crippen molar-refractivity contribution in [3.63, 3.8) is 0 Å². The lowest BCUT2D eigenvalue weighted by atomic mass is 10.1. The van der Waals surface area contributed by atoms with Crippen molar-refractivity contribution in [2.24, 2.45) is 5.10 Å². The molecule has 0 aliphatic carbocycles. The van der Waals surface area contributed by atoms with E-state index in [1.54, 1.807) is 24.3 Å². The van der Waals surface area contributed by atoms with E-state index < -0.39 is 0 Å². The van der Waals surface area contributed by atoms with Gasteiger partial charge in [0.25, 0.3) is 5.91 Å².